The van der Waals surface area contributed by atoms with Gasteiger partial charge in [0.15, 0.2) is 13.1 Å². The van der Waals surface area contributed by atoms with Crippen molar-refractivity contribution in [3.63, 3.8) is 0 Å². The maximum absolute atomic E-state index is 11.9. The summed E-state index contributed by atoms with van der Waals surface area (Å²) in [6.45, 7) is 8.93. The Morgan fingerprint density at radius 2 is 1.00 bits per heavy atom. The summed E-state index contributed by atoms with van der Waals surface area (Å²) in [7, 11) is 8.39. The fourth-order valence-electron chi connectivity index (χ4n) is 3.32. The zero-order valence-electron chi connectivity index (χ0n) is 18.2. The molecule has 0 fully saturated rings. The van der Waals surface area contributed by atoms with Crippen LogP contribution in [0.5, 0.6) is 0 Å². The van der Waals surface area contributed by atoms with Gasteiger partial charge in [0.1, 0.15) is 0 Å². The first kappa shape index (κ1) is 24.9. The summed E-state index contributed by atoms with van der Waals surface area (Å²) in [6, 6.07) is 0. The SMILES string of the molecule is CCC[N+](C)(C)CC(=O)NCCCCCCNC(=O)C[N+](C)(C)CCC. The van der Waals surface area contributed by atoms with E-state index in [1.807, 2.05) is 0 Å². The lowest BCUT2D eigenvalue weighted by atomic mass is 10.2. The minimum atomic E-state index is 0.142. The fourth-order valence-corrected chi connectivity index (χ4v) is 3.32. The number of unbranched alkanes of at least 4 members (excludes halogenated alkanes) is 3. The molecule has 26 heavy (non-hydrogen) atoms. The van der Waals surface area contributed by atoms with E-state index in [4.69, 9.17) is 0 Å². The van der Waals surface area contributed by atoms with E-state index in [2.05, 4.69) is 52.7 Å². The van der Waals surface area contributed by atoms with Gasteiger partial charge in [0.05, 0.1) is 41.3 Å². The summed E-state index contributed by atoms with van der Waals surface area (Å²) in [5.74, 6) is 0.284. The van der Waals surface area contributed by atoms with Crippen LogP contribution in [0.1, 0.15) is 52.4 Å². The maximum Gasteiger partial charge on any atom is 0.275 e. The third-order valence-electron chi connectivity index (χ3n) is 4.55. The van der Waals surface area contributed by atoms with E-state index >= 15 is 0 Å². The molecule has 0 saturated carbocycles. The van der Waals surface area contributed by atoms with Gasteiger partial charge in [-0.25, -0.2) is 0 Å². The molecule has 0 rings (SSSR count). The Morgan fingerprint density at radius 3 is 1.31 bits per heavy atom. The largest absolute Gasteiger partial charge is 0.351 e. The Bertz CT molecular complexity index is 371. The monoisotopic (exact) mass is 372 g/mol. The lowest BCUT2D eigenvalue weighted by molar-refractivity contribution is -0.882. The van der Waals surface area contributed by atoms with Crippen molar-refractivity contribution < 1.29 is 18.6 Å². The van der Waals surface area contributed by atoms with Gasteiger partial charge in [-0.05, 0) is 25.7 Å². The minimum absolute atomic E-state index is 0.142. The Hall–Kier alpha value is -1.14. The number of carbonyl (C=O) groups is 2. The number of nitrogens with one attached hydrogen (secondary N) is 2. The van der Waals surface area contributed by atoms with E-state index in [0.717, 1.165) is 73.7 Å². The third-order valence-corrected chi connectivity index (χ3v) is 4.55. The molecule has 0 aliphatic rings. The zero-order chi connectivity index (χ0) is 20.1. The summed E-state index contributed by atoms with van der Waals surface area (Å²) < 4.78 is 1.49. The number of hydrogen-bond acceptors (Lipinski definition) is 2. The van der Waals surface area contributed by atoms with Crippen molar-refractivity contribution in [2.75, 3.05) is 67.5 Å². The molecule has 154 valence electrons. The van der Waals surface area contributed by atoms with E-state index in [1.165, 1.54) is 0 Å². The van der Waals surface area contributed by atoms with Crippen LogP contribution >= 0.6 is 0 Å². The standard InChI is InChI=1S/C20H42N4O2/c1-7-15-23(3,4)17-19(25)21-13-11-9-10-12-14-22-20(26)18-24(5,6)16-8-2/h7-18H2,1-6H3/p+2. The van der Waals surface area contributed by atoms with Gasteiger partial charge in [-0.3, -0.25) is 9.59 Å². The zero-order valence-corrected chi connectivity index (χ0v) is 18.2. The van der Waals surface area contributed by atoms with Crippen molar-refractivity contribution in [3.05, 3.63) is 0 Å². The van der Waals surface area contributed by atoms with Gasteiger partial charge >= 0.3 is 0 Å². The summed E-state index contributed by atoms with van der Waals surface area (Å²) in [5, 5.41) is 6.04. The van der Waals surface area contributed by atoms with Gasteiger partial charge in [0.25, 0.3) is 11.8 Å². The molecular formula is C20H44N4O2+2. The highest BCUT2D eigenvalue weighted by Crippen LogP contribution is 2.01. The lowest BCUT2D eigenvalue weighted by Gasteiger charge is -2.28. The molecule has 6 nitrogen and oxygen atoms in total. The number of quaternary nitrogens is 2. The molecule has 0 aromatic rings. The summed E-state index contributed by atoms with van der Waals surface area (Å²) >= 11 is 0. The molecule has 0 aliphatic heterocycles. The predicted molar refractivity (Wildman–Crippen MR) is 109 cm³/mol. The van der Waals surface area contributed by atoms with Crippen LogP contribution in [0, 0.1) is 0 Å². The van der Waals surface area contributed by atoms with Crippen molar-refractivity contribution in [2.45, 2.75) is 52.4 Å². The van der Waals surface area contributed by atoms with Gasteiger partial charge in [0.2, 0.25) is 0 Å². The molecule has 0 aliphatic carbocycles. The number of rotatable bonds is 15. The summed E-state index contributed by atoms with van der Waals surface area (Å²) in [6.07, 6.45) is 6.35. The molecule has 0 spiro atoms. The quantitative estimate of drug-likeness (QED) is 0.340. The average Bonchev–Trinajstić information content (AvgIpc) is 2.48. The van der Waals surface area contributed by atoms with Gasteiger partial charge in [0, 0.05) is 13.1 Å². The van der Waals surface area contributed by atoms with Gasteiger partial charge in [-0.2, -0.15) is 0 Å². The molecule has 0 saturated heterocycles. The van der Waals surface area contributed by atoms with Crippen LogP contribution in [0.15, 0.2) is 0 Å². The highest BCUT2D eigenvalue weighted by molar-refractivity contribution is 5.77. The molecule has 0 atom stereocenters. The normalized spacial score (nSPS) is 12.1. The van der Waals surface area contributed by atoms with E-state index in [0.29, 0.717) is 13.1 Å². The number of amides is 2. The number of likely N-dealkylation sites (N-methyl/N-ethyl adjacent to an activating group) is 2. The Kier molecular flexibility index (Phi) is 12.5. The van der Waals surface area contributed by atoms with E-state index in [1.54, 1.807) is 0 Å². The Labute approximate surface area is 161 Å². The highest BCUT2D eigenvalue weighted by atomic mass is 16.2. The third kappa shape index (κ3) is 14.1. The molecule has 0 radical (unpaired) electrons. The number of nitrogens with zero attached hydrogens (tertiary/aromatic N) is 2. The fraction of sp³-hybridized carbons (Fsp3) is 0.900. The summed E-state index contributed by atoms with van der Waals surface area (Å²) in [4.78, 5) is 23.9. The van der Waals surface area contributed by atoms with Crippen LogP contribution in [0.25, 0.3) is 0 Å². The van der Waals surface area contributed by atoms with Crippen LogP contribution in [-0.2, 0) is 9.59 Å². The van der Waals surface area contributed by atoms with E-state index in [9.17, 15) is 9.59 Å². The average molecular weight is 373 g/mol. The molecule has 0 aromatic carbocycles. The minimum Gasteiger partial charge on any atom is -0.351 e. The van der Waals surface area contributed by atoms with E-state index in [-0.39, 0.29) is 11.8 Å². The molecule has 6 heteroatoms. The van der Waals surface area contributed by atoms with Crippen molar-refractivity contribution in [2.24, 2.45) is 0 Å². The van der Waals surface area contributed by atoms with Crippen LogP contribution in [0.4, 0.5) is 0 Å². The molecule has 2 amide bonds. The lowest BCUT2D eigenvalue weighted by Crippen LogP contribution is -2.48. The van der Waals surface area contributed by atoms with Crippen LogP contribution in [0.3, 0.4) is 0 Å². The van der Waals surface area contributed by atoms with E-state index < -0.39 is 0 Å². The van der Waals surface area contributed by atoms with Crippen molar-refractivity contribution >= 4 is 11.8 Å². The molecule has 0 unspecified atom stereocenters. The second kappa shape index (κ2) is 13.1. The van der Waals surface area contributed by atoms with Crippen molar-refractivity contribution in [3.8, 4) is 0 Å². The van der Waals surface area contributed by atoms with Crippen LogP contribution in [0.2, 0.25) is 0 Å². The molecular weight excluding hydrogens is 328 g/mol. The maximum atomic E-state index is 11.9. The smallest absolute Gasteiger partial charge is 0.275 e. The molecule has 0 bridgehead atoms. The first-order chi connectivity index (χ1) is 12.1. The second-order valence-corrected chi connectivity index (χ2v) is 8.75. The van der Waals surface area contributed by atoms with Gasteiger partial charge < -0.3 is 19.6 Å². The van der Waals surface area contributed by atoms with Crippen LogP contribution in [-0.4, -0.2) is 88.2 Å². The Morgan fingerprint density at radius 1 is 0.654 bits per heavy atom. The highest BCUT2D eigenvalue weighted by Gasteiger charge is 2.19. The summed E-state index contributed by atoms with van der Waals surface area (Å²) in [5.41, 5.74) is 0. The molecule has 0 heterocycles. The van der Waals surface area contributed by atoms with Crippen molar-refractivity contribution in [1.82, 2.24) is 10.6 Å². The Balaban J connectivity index is 3.62. The first-order valence-electron chi connectivity index (χ1n) is 10.3. The van der Waals surface area contributed by atoms with Gasteiger partial charge in [-0.15, -0.1) is 0 Å². The number of carbonyl (C=O) groups excluding carboxylic acids is 2. The van der Waals surface area contributed by atoms with Crippen molar-refractivity contribution in [1.29, 1.82) is 0 Å². The number of hydrogen-bond donors (Lipinski definition) is 2. The van der Waals surface area contributed by atoms with Gasteiger partial charge in [-0.1, -0.05) is 26.7 Å². The van der Waals surface area contributed by atoms with Crippen LogP contribution < -0.4 is 10.6 Å². The first-order valence-corrected chi connectivity index (χ1v) is 10.3. The topological polar surface area (TPSA) is 58.2 Å². The predicted octanol–water partition coefficient (Wildman–Crippen LogP) is 1.75. The molecule has 2 N–H and O–H groups in total. The second-order valence-electron chi connectivity index (χ2n) is 8.75. The molecule has 0 aromatic heterocycles.